The van der Waals surface area contributed by atoms with Gasteiger partial charge < -0.3 is 9.13 Å². The monoisotopic (exact) mass is 668 g/mol. The van der Waals surface area contributed by atoms with Gasteiger partial charge in [0.2, 0.25) is 0 Å². The highest BCUT2D eigenvalue weighted by molar-refractivity contribution is 7.26. The van der Waals surface area contributed by atoms with Crippen molar-refractivity contribution in [3.63, 3.8) is 0 Å². The van der Waals surface area contributed by atoms with Crippen molar-refractivity contribution in [2.45, 2.75) is 0 Å². The summed E-state index contributed by atoms with van der Waals surface area (Å²) in [6.07, 6.45) is 0. The number of benzene rings is 7. The Balaban J connectivity index is 1.15. The lowest BCUT2D eigenvalue weighted by molar-refractivity contribution is 1.17. The molecular formula is C46H28N4S. The van der Waals surface area contributed by atoms with Gasteiger partial charge in [0.15, 0.2) is 5.82 Å². The van der Waals surface area contributed by atoms with Crippen molar-refractivity contribution >= 4 is 75.3 Å². The summed E-state index contributed by atoms with van der Waals surface area (Å²) in [7, 11) is 0. The Bertz CT molecular complexity index is 3090. The summed E-state index contributed by atoms with van der Waals surface area (Å²) in [5.74, 6) is 0.718. The molecule has 0 aliphatic carbocycles. The standard InChI is InChI=1S/C46H28N4S/c1-2-14-31(15-3-1)49-40-23-10-6-19-35(40)37-28-29(25-26-41(37)49)43-45-44(36-20-7-11-24-42(36)51-45)48-46(47-43)30-13-12-16-32(27-30)50-38-21-8-4-17-33(38)34-18-5-9-22-39(34)50/h1-28H. The van der Waals surface area contributed by atoms with E-state index in [1.807, 2.05) is 0 Å². The fraction of sp³-hybridized carbons (Fsp3) is 0. The maximum atomic E-state index is 5.42. The predicted molar refractivity (Wildman–Crippen MR) is 214 cm³/mol. The Morgan fingerprint density at radius 1 is 0.392 bits per heavy atom. The molecule has 4 nitrogen and oxygen atoms in total. The molecule has 11 rings (SSSR count). The maximum Gasteiger partial charge on any atom is 0.160 e. The normalized spacial score (nSPS) is 11.9. The lowest BCUT2D eigenvalue weighted by atomic mass is 10.1. The molecule has 0 amide bonds. The first kappa shape index (κ1) is 28.3. The van der Waals surface area contributed by atoms with Gasteiger partial charge >= 0.3 is 0 Å². The zero-order chi connectivity index (χ0) is 33.5. The number of fused-ring (bicyclic) bond motifs is 9. The highest BCUT2D eigenvalue weighted by Crippen LogP contribution is 2.42. The molecule has 51 heavy (non-hydrogen) atoms. The van der Waals surface area contributed by atoms with Gasteiger partial charge in [0, 0.05) is 54.1 Å². The quantitative estimate of drug-likeness (QED) is 0.187. The molecule has 0 bridgehead atoms. The van der Waals surface area contributed by atoms with E-state index in [1.54, 1.807) is 11.3 Å². The van der Waals surface area contributed by atoms with E-state index < -0.39 is 0 Å². The molecular weight excluding hydrogens is 641 g/mol. The first-order chi connectivity index (χ1) is 25.3. The molecule has 4 heterocycles. The molecule has 0 aliphatic rings. The van der Waals surface area contributed by atoms with E-state index in [-0.39, 0.29) is 0 Å². The highest BCUT2D eigenvalue weighted by Gasteiger charge is 2.20. The van der Waals surface area contributed by atoms with E-state index in [9.17, 15) is 0 Å². The van der Waals surface area contributed by atoms with Crippen molar-refractivity contribution in [3.05, 3.63) is 170 Å². The molecule has 0 saturated heterocycles. The van der Waals surface area contributed by atoms with Crippen LogP contribution >= 0.6 is 11.3 Å². The summed E-state index contributed by atoms with van der Waals surface area (Å²) in [4.78, 5) is 10.7. The van der Waals surface area contributed by atoms with Crippen LogP contribution in [-0.4, -0.2) is 19.1 Å². The average molecular weight is 669 g/mol. The third-order valence-corrected chi connectivity index (χ3v) is 11.3. The van der Waals surface area contributed by atoms with Gasteiger partial charge in [-0.2, -0.15) is 0 Å². The summed E-state index contributed by atoms with van der Waals surface area (Å²) in [5.41, 5.74) is 11.0. The number of hydrogen-bond donors (Lipinski definition) is 0. The second kappa shape index (κ2) is 11.0. The smallest absolute Gasteiger partial charge is 0.160 e. The van der Waals surface area contributed by atoms with E-state index in [4.69, 9.17) is 9.97 Å². The van der Waals surface area contributed by atoms with Gasteiger partial charge in [-0.15, -0.1) is 11.3 Å². The number of rotatable bonds is 4. The number of aromatic nitrogens is 4. The van der Waals surface area contributed by atoms with Gasteiger partial charge in [0.25, 0.3) is 0 Å². The molecule has 0 aliphatic heterocycles. The highest BCUT2D eigenvalue weighted by atomic mass is 32.1. The van der Waals surface area contributed by atoms with Gasteiger partial charge in [0.05, 0.1) is 38.0 Å². The largest absolute Gasteiger partial charge is 0.309 e. The lowest BCUT2D eigenvalue weighted by Crippen LogP contribution is -1.97. The van der Waals surface area contributed by atoms with E-state index in [2.05, 4.69) is 179 Å². The molecule has 0 radical (unpaired) electrons. The van der Waals surface area contributed by atoms with Crippen molar-refractivity contribution in [1.29, 1.82) is 0 Å². The van der Waals surface area contributed by atoms with Crippen molar-refractivity contribution in [2.24, 2.45) is 0 Å². The van der Waals surface area contributed by atoms with E-state index in [0.717, 1.165) is 49.6 Å². The Morgan fingerprint density at radius 2 is 0.961 bits per heavy atom. The zero-order valence-electron chi connectivity index (χ0n) is 27.4. The Labute approximate surface area is 297 Å². The van der Waals surface area contributed by atoms with E-state index in [1.165, 1.54) is 48.3 Å². The van der Waals surface area contributed by atoms with Crippen LogP contribution in [0.5, 0.6) is 0 Å². The average Bonchev–Trinajstić information content (AvgIpc) is 3.85. The summed E-state index contributed by atoms with van der Waals surface area (Å²) in [6.45, 7) is 0. The van der Waals surface area contributed by atoms with Crippen molar-refractivity contribution in [1.82, 2.24) is 19.1 Å². The molecule has 0 unspecified atom stereocenters. The summed E-state index contributed by atoms with van der Waals surface area (Å²) >= 11 is 1.77. The first-order valence-electron chi connectivity index (χ1n) is 17.2. The number of thiophene rings is 1. The van der Waals surface area contributed by atoms with Crippen molar-refractivity contribution < 1.29 is 0 Å². The van der Waals surface area contributed by atoms with Gasteiger partial charge in [0.1, 0.15) is 0 Å². The molecule has 0 atom stereocenters. The molecule has 238 valence electrons. The zero-order valence-corrected chi connectivity index (χ0v) is 28.2. The minimum atomic E-state index is 0.718. The number of nitrogens with zero attached hydrogens (tertiary/aromatic N) is 4. The third kappa shape index (κ3) is 4.25. The van der Waals surface area contributed by atoms with Crippen molar-refractivity contribution in [2.75, 3.05) is 0 Å². The topological polar surface area (TPSA) is 35.6 Å². The fourth-order valence-corrected chi connectivity index (χ4v) is 9.03. The Morgan fingerprint density at radius 3 is 1.69 bits per heavy atom. The lowest BCUT2D eigenvalue weighted by Gasteiger charge is -2.11. The SMILES string of the molecule is c1ccc(-n2c3ccccc3c3cc(-c4nc(-c5cccc(-n6c7ccccc7c7ccccc76)c5)nc5c4sc4ccccc45)ccc32)cc1. The Hall–Kier alpha value is -6.56. The third-order valence-electron chi connectivity index (χ3n) is 10.1. The van der Waals surface area contributed by atoms with Crippen LogP contribution in [-0.2, 0) is 0 Å². The van der Waals surface area contributed by atoms with Crippen LogP contribution in [0.25, 0.3) is 97.9 Å². The second-order valence-corrected chi connectivity index (χ2v) is 14.1. The summed E-state index contributed by atoms with van der Waals surface area (Å²) in [6, 6.07) is 60.6. The van der Waals surface area contributed by atoms with Crippen LogP contribution in [0.3, 0.4) is 0 Å². The Kier molecular flexibility index (Phi) is 6.09. The molecule has 0 fully saturated rings. The minimum absolute atomic E-state index is 0.718. The molecule has 0 N–H and O–H groups in total. The van der Waals surface area contributed by atoms with E-state index in [0.29, 0.717) is 0 Å². The van der Waals surface area contributed by atoms with Crippen molar-refractivity contribution in [3.8, 4) is 34.0 Å². The first-order valence-corrected chi connectivity index (χ1v) is 18.0. The molecule has 5 heteroatoms. The molecule has 11 aromatic rings. The van der Waals surface area contributed by atoms with Crippen LogP contribution in [0.4, 0.5) is 0 Å². The fourth-order valence-electron chi connectivity index (χ4n) is 7.88. The molecule has 7 aromatic carbocycles. The van der Waals surface area contributed by atoms with Crippen LogP contribution in [0.2, 0.25) is 0 Å². The predicted octanol–water partition coefficient (Wildman–Crippen LogP) is 12.4. The second-order valence-electron chi connectivity index (χ2n) is 13.0. The van der Waals surface area contributed by atoms with E-state index >= 15 is 0 Å². The molecule has 4 aromatic heterocycles. The summed E-state index contributed by atoms with van der Waals surface area (Å²) < 4.78 is 7.02. The summed E-state index contributed by atoms with van der Waals surface area (Å²) in [5, 5.41) is 6.07. The maximum absolute atomic E-state index is 5.42. The van der Waals surface area contributed by atoms with Gasteiger partial charge in [-0.05, 0) is 60.7 Å². The van der Waals surface area contributed by atoms with Gasteiger partial charge in [-0.1, -0.05) is 109 Å². The van der Waals surface area contributed by atoms with Gasteiger partial charge in [-0.25, -0.2) is 9.97 Å². The molecule has 0 spiro atoms. The van der Waals surface area contributed by atoms with Crippen LogP contribution in [0, 0.1) is 0 Å². The van der Waals surface area contributed by atoms with Crippen LogP contribution in [0.1, 0.15) is 0 Å². The minimum Gasteiger partial charge on any atom is -0.309 e. The number of para-hydroxylation sites is 4. The molecule has 0 saturated carbocycles. The van der Waals surface area contributed by atoms with Crippen LogP contribution < -0.4 is 0 Å². The van der Waals surface area contributed by atoms with Crippen LogP contribution in [0.15, 0.2) is 170 Å². The van der Waals surface area contributed by atoms with Gasteiger partial charge in [-0.3, -0.25) is 0 Å². The number of hydrogen-bond acceptors (Lipinski definition) is 3.